The number of rotatable bonds is 1. The van der Waals surface area contributed by atoms with Crippen molar-refractivity contribution in [3.63, 3.8) is 0 Å². The molecule has 0 saturated carbocycles. The number of aliphatic hydroxyl groups is 1. The highest BCUT2D eigenvalue weighted by Crippen LogP contribution is 2.49. The lowest BCUT2D eigenvalue weighted by Crippen LogP contribution is -2.32. The van der Waals surface area contributed by atoms with Gasteiger partial charge < -0.3 is 5.11 Å². The Bertz CT molecular complexity index is 324. The molecular weight excluding hydrogens is 196 g/mol. The van der Waals surface area contributed by atoms with E-state index in [9.17, 15) is 5.11 Å². The van der Waals surface area contributed by atoms with Crippen LogP contribution in [0.1, 0.15) is 40.5 Å². The second kappa shape index (κ2) is 4.03. The number of hydrogen-bond acceptors (Lipinski definition) is 1. The molecule has 0 aromatic rings. The molecule has 0 aromatic carbocycles. The van der Waals surface area contributed by atoms with E-state index in [4.69, 9.17) is 0 Å². The summed E-state index contributed by atoms with van der Waals surface area (Å²) in [7, 11) is 0. The van der Waals surface area contributed by atoms with Gasteiger partial charge >= 0.3 is 0 Å². The molecule has 4 atom stereocenters. The Balaban J connectivity index is 2.14. The van der Waals surface area contributed by atoms with Crippen molar-refractivity contribution in [1.82, 2.24) is 0 Å². The number of hydrogen-bond donors (Lipinski definition) is 1. The van der Waals surface area contributed by atoms with Crippen LogP contribution in [0.2, 0.25) is 0 Å². The Morgan fingerprint density at radius 1 is 1.31 bits per heavy atom. The zero-order valence-electron chi connectivity index (χ0n) is 10.9. The maximum atomic E-state index is 9.72. The van der Waals surface area contributed by atoms with Crippen LogP contribution in [0.5, 0.6) is 0 Å². The molecule has 0 amide bonds. The predicted molar refractivity (Wildman–Crippen MR) is 68.1 cm³/mol. The van der Waals surface area contributed by atoms with Crippen LogP contribution in [0, 0.1) is 23.2 Å². The van der Waals surface area contributed by atoms with Crippen molar-refractivity contribution in [1.29, 1.82) is 0 Å². The standard InChI is InChI=1S/C15H24O/c1-10-9-12(6-8-14(10)16)13-7-5-11(2)15(13,3)4/h5-6,8,10,12-14,16H,7,9H2,1-4H3/t10-,12+,13?,14+/m0/s1. The third-order valence-corrected chi connectivity index (χ3v) is 4.92. The zero-order chi connectivity index (χ0) is 11.9. The first kappa shape index (κ1) is 11.9. The Morgan fingerprint density at radius 2 is 2.00 bits per heavy atom. The van der Waals surface area contributed by atoms with Crippen LogP contribution in [0.25, 0.3) is 0 Å². The summed E-state index contributed by atoms with van der Waals surface area (Å²) in [5.74, 6) is 1.77. The van der Waals surface area contributed by atoms with Crippen molar-refractivity contribution in [2.24, 2.45) is 23.2 Å². The van der Waals surface area contributed by atoms with Crippen LogP contribution in [0.15, 0.2) is 23.8 Å². The molecule has 16 heavy (non-hydrogen) atoms. The van der Waals surface area contributed by atoms with E-state index in [0.29, 0.717) is 17.3 Å². The van der Waals surface area contributed by atoms with Gasteiger partial charge in [-0.15, -0.1) is 0 Å². The highest BCUT2D eigenvalue weighted by atomic mass is 16.3. The van der Waals surface area contributed by atoms with E-state index in [1.54, 1.807) is 0 Å². The first-order chi connectivity index (χ1) is 7.43. The fourth-order valence-electron chi connectivity index (χ4n) is 3.26. The summed E-state index contributed by atoms with van der Waals surface area (Å²) < 4.78 is 0. The van der Waals surface area contributed by atoms with Gasteiger partial charge in [-0.25, -0.2) is 0 Å². The third-order valence-electron chi connectivity index (χ3n) is 4.92. The molecule has 1 heteroatoms. The van der Waals surface area contributed by atoms with Gasteiger partial charge in [-0.1, -0.05) is 44.6 Å². The molecule has 1 unspecified atom stereocenters. The van der Waals surface area contributed by atoms with E-state index >= 15 is 0 Å². The molecule has 0 radical (unpaired) electrons. The summed E-state index contributed by atoms with van der Waals surface area (Å²) in [6.45, 7) is 9.13. The lowest BCUT2D eigenvalue weighted by atomic mass is 9.67. The van der Waals surface area contributed by atoms with E-state index in [1.165, 1.54) is 12.0 Å². The lowest BCUT2D eigenvalue weighted by Gasteiger charge is -2.38. The lowest BCUT2D eigenvalue weighted by molar-refractivity contribution is 0.112. The third kappa shape index (κ3) is 1.86. The van der Waals surface area contributed by atoms with Crippen molar-refractivity contribution in [3.05, 3.63) is 23.8 Å². The van der Waals surface area contributed by atoms with Gasteiger partial charge in [0, 0.05) is 0 Å². The topological polar surface area (TPSA) is 20.2 Å². The Hall–Kier alpha value is -0.560. The van der Waals surface area contributed by atoms with Crippen LogP contribution in [0.4, 0.5) is 0 Å². The molecule has 1 nitrogen and oxygen atoms in total. The largest absolute Gasteiger partial charge is 0.389 e. The molecule has 0 aliphatic heterocycles. The molecule has 0 heterocycles. The van der Waals surface area contributed by atoms with Crippen LogP contribution in [-0.4, -0.2) is 11.2 Å². The fraction of sp³-hybridized carbons (Fsp3) is 0.733. The number of aliphatic hydroxyl groups excluding tert-OH is 1. The molecular formula is C15H24O. The highest BCUT2D eigenvalue weighted by molar-refractivity contribution is 5.21. The second-order valence-corrected chi connectivity index (χ2v) is 6.20. The van der Waals surface area contributed by atoms with Gasteiger partial charge in [0.1, 0.15) is 0 Å². The predicted octanol–water partition coefficient (Wildman–Crippen LogP) is 3.55. The summed E-state index contributed by atoms with van der Waals surface area (Å²) in [6.07, 6.45) is 8.76. The molecule has 1 N–H and O–H groups in total. The minimum Gasteiger partial charge on any atom is -0.389 e. The van der Waals surface area contributed by atoms with Gasteiger partial charge in [0.05, 0.1) is 6.10 Å². The van der Waals surface area contributed by atoms with Gasteiger partial charge in [0.2, 0.25) is 0 Å². The molecule has 2 aliphatic carbocycles. The maximum Gasteiger partial charge on any atom is 0.0746 e. The molecule has 2 rings (SSSR count). The van der Waals surface area contributed by atoms with Gasteiger partial charge in [0.25, 0.3) is 0 Å². The summed E-state index contributed by atoms with van der Waals surface area (Å²) >= 11 is 0. The Kier molecular flexibility index (Phi) is 3.00. The smallest absolute Gasteiger partial charge is 0.0746 e. The first-order valence-electron chi connectivity index (χ1n) is 6.46. The van der Waals surface area contributed by atoms with Crippen molar-refractivity contribution < 1.29 is 5.11 Å². The molecule has 2 aliphatic rings. The quantitative estimate of drug-likeness (QED) is 0.670. The minimum atomic E-state index is -0.227. The van der Waals surface area contributed by atoms with E-state index in [1.807, 2.05) is 6.08 Å². The summed E-state index contributed by atoms with van der Waals surface area (Å²) in [4.78, 5) is 0. The normalized spacial score (nSPS) is 42.2. The van der Waals surface area contributed by atoms with Gasteiger partial charge in [0.15, 0.2) is 0 Å². The van der Waals surface area contributed by atoms with E-state index in [2.05, 4.69) is 39.8 Å². The first-order valence-corrected chi connectivity index (χ1v) is 6.46. The second-order valence-electron chi connectivity index (χ2n) is 6.20. The van der Waals surface area contributed by atoms with Crippen LogP contribution in [-0.2, 0) is 0 Å². The van der Waals surface area contributed by atoms with Gasteiger partial charge in [-0.3, -0.25) is 0 Å². The summed E-state index contributed by atoms with van der Waals surface area (Å²) in [5.41, 5.74) is 1.86. The van der Waals surface area contributed by atoms with Crippen molar-refractivity contribution in [3.8, 4) is 0 Å². The molecule has 0 saturated heterocycles. The minimum absolute atomic E-state index is 0.227. The highest BCUT2D eigenvalue weighted by Gasteiger charge is 2.40. The van der Waals surface area contributed by atoms with Crippen LogP contribution < -0.4 is 0 Å². The Morgan fingerprint density at radius 3 is 2.50 bits per heavy atom. The molecule has 0 bridgehead atoms. The summed E-state index contributed by atoms with van der Waals surface area (Å²) in [6, 6.07) is 0. The van der Waals surface area contributed by atoms with Gasteiger partial charge in [-0.05, 0) is 42.9 Å². The summed E-state index contributed by atoms with van der Waals surface area (Å²) in [5, 5.41) is 9.72. The average molecular weight is 220 g/mol. The van der Waals surface area contributed by atoms with E-state index < -0.39 is 0 Å². The average Bonchev–Trinajstić information content (AvgIpc) is 2.47. The fourth-order valence-corrected chi connectivity index (χ4v) is 3.26. The van der Waals surface area contributed by atoms with Crippen molar-refractivity contribution >= 4 is 0 Å². The molecule has 90 valence electrons. The van der Waals surface area contributed by atoms with Crippen LogP contribution >= 0.6 is 0 Å². The molecule has 0 fully saturated rings. The Labute approximate surface area is 99.3 Å². The number of allylic oxidation sites excluding steroid dienone is 3. The van der Waals surface area contributed by atoms with Crippen molar-refractivity contribution in [2.75, 3.05) is 0 Å². The SMILES string of the molecule is CC1=CCC([C@@H]2C=C[C@@H](O)[C@@H](C)C2)C1(C)C. The van der Waals surface area contributed by atoms with E-state index in [0.717, 1.165) is 12.3 Å². The maximum absolute atomic E-state index is 9.72. The molecule has 0 spiro atoms. The molecule has 0 aromatic heterocycles. The van der Waals surface area contributed by atoms with Gasteiger partial charge in [-0.2, -0.15) is 0 Å². The zero-order valence-corrected chi connectivity index (χ0v) is 10.9. The van der Waals surface area contributed by atoms with E-state index in [-0.39, 0.29) is 6.10 Å². The van der Waals surface area contributed by atoms with Crippen LogP contribution in [0.3, 0.4) is 0 Å². The monoisotopic (exact) mass is 220 g/mol. The van der Waals surface area contributed by atoms with Crippen molar-refractivity contribution in [2.45, 2.75) is 46.6 Å².